The third-order valence-electron chi connectivity index (χ3n) is 6.84. The molecule has 0 aliphatic rings. The molecule has 8 heteroatoms. The Morgan fingerprint density at radius 1 is 0.974 bits per heavy atom. The Hall–Kier alpha value is -4.85. The van der Waals surface area contributed by atoms with E-state index in [9.17, 15) is 9.18 Å². The molecule has 0 fully saturated rings. The number of H-pyrrole nitrogens is 2. The molecule has 0 spiro atoms. The fraction of sp³-hybridized carbons (Fsp3) is 0.133. The second-order valence-corrected chi connectivity index (χ2v) is 9.39. The third kappa shape index (κ3) is 4.30. The normalized spacial score (nSPS) is 12.2. The van der Waals surface area contributed by atoms with Gasteiger partial charge in [0, 0.05) is 28.8 Å². The van der Waals surface area contributed by atoms with E-state index in [4.69, 9.17) is 4.98 Å². The number of imidazole rings is 1. The average Bonchev–Trinajstić information content (AvgIpc) is 3.56. The first-order chi connectivity index (χ1) is 18.5. The highest BCUT2D eigenvalue weighted by atomic mass is 19.1. The molecular weight excluding hydrogens is 479 g/mol. The fourth-order valence-electron chi connectivity index (χ4n) is 4.51. The molecule has 6 aromatic rings. The molecule has 0 bridgehead atoms. The predicted octanol–water partition coefficient (Wildman–Crippen LogP) is 6.96. The Balaban J connectivity index is 1.39. The number of hydrogen-bond acceptors (Lipinski definition) is 4. The summed E-state index contributed by atoms with van der Waals surface area (Å²) in [6, 6.07) is 20.3. The molecule has 0 radical (unpaired) electrons. The van der Waals surface area contributed by atoms with Crippen LogP contribution in [0.3, 0.4) is 0 Å². The molecule has 188 valence electrons. The van der Waals surface area contributed by atoms with Crippen LogP contribution >= 0.6 is 0 Å². The second kappa shape index (κ2) is 9.55. The smallest absolute Gasteiger partial charge is 0.227 e. The number of benzene rings is 3. The van der Waals surface area contributed by atoms with Gasteiger partial charge in [-0.25, -0.2) is 9.37 Å². The van der Waals surface area contributed by atoms with E-state index in [1.807, 2.05) is 56.3 Å². The van der Waals surface area contributed by atoms with Crippen molar-refractivity contribution in [2.75, 3.05) is 5.32 Å². The number of carbonyl (C=O) groups is 1. The van der Waals surface area contributed by atoms with Crippen LogP contribution in [0, 0.1) is 11.7 Å². The minimum atomic E-state index is -0.315. The van der Waals surface area contributed by atoms with Gasteiger partial charge in [0.25, 0.3) is 0 Å². The highest BCUT2D eigenvalue weighted by Gasteiger charge is 2.17. The lowest BCUT2D eigenvalue weighted by molar-refractivity contribution is -0.119. The van der Waals surface area contributed by atoms with E-state index in [0.717, 1.165) is 45.2 Å². The van der Waals surface area contributed by atoms with Crippen molar-refractivity contribution in [3.8, 4) is 33.8 Å². The van der Waals surface area contributed by atoms with Crippen molar-refractivity contribution < 1.29 is 9.18 Å². The summed E-state index contributed by atoms with van der Waals surface area (Å²) < 4.78 is 13.9. The molecule has 38 heavy (non-hydrogen) atoms. The molecule has 0 aliphatic carbocycles. The molecule has 1 atom stereocenters. The number of amides is 1. The summed E-state index contributed by atoms with van der Waals surface area (Å²) in [4.78, 5) is 24.9. The molecule has 7 nitrogen and oxygen atoms in total. The number of anilines is 1. The molecule has 3 aromatic heterocycles. The first-order valence-corrected chi connectivity index (χ1v) is 12.5. The van der Waals surface area contributed by atoms with Gasteiger partial charge >= 0.3 is 0 Å². The molecular formula is C30H25FN6O. The number of rotatable bonds is 6. The predicted molar refractivity (Wildman–Crippen MR) is 148 cm³/mol. The van der Waals surface area contributed by atoms with Gasteiger partial charge in [0.05, 0.1) is 22.7 Å². The van der Waals surface area contributed by atoms with Crippen LogP contribution in [-0.4, -0.2) is 31.1 Å². The van der Waals surface area contributed by atoms with E-state index < -0.39 is 0 Å². The van der Waals surface area contributed by atoms with Crippen LogP contribution in [0.15, 0.2) is 79.1 Å². The van der Waals surface area contributed by atoms with Gasteiger partial charge in [-0.1, -0.05) is 44.2 Å². The maximum atomic E-state index is 13.9. The lowest BCUT2D eigenvalue weighted by Crippen LogP contribution is -2.19. The van der Waals surface area contributed by atoms with Crippen molar-refractivity contribution in [3.05, 3.63) is 84.9 Å². The summed E-state index contributed by atoms with van der Waals surface area (Å²) in [5.74, 6) is 0.228. The molecule has 0 saturated carbocycles. The van der Waals surface area contributed by atoms with Crippen molar-refractivity contribution in [1.29, 1.82) is 0 Å². The summed E-state index contributed by atoms with van der Waals surface area (Å²) >= 11 is 0. The van der Waals surface area contributed by atoms with Gasteiger partial charge in [-0.2, -0.15) is 5.10 Å². The topological polar surface area (TPSA) is 99.3 Å². The molecule has 0 aliphatic heterocycles. The monoisotopic (exact) mass is 504 g/mol. The number of aromatic nitrogens is 5. The Labute approximate surface area is 218 Å². The molecule has 1 unspecified atom stereocenters. The van der Waals surface area contributed by atoms with Crippen molar-refractivity contribution in [2.45, 2.75) is 20.3 Å². The van der Waals surface area contributed by atoms with Crippen molar-refractivity contribution in [2.24, 2.45) is 5.92 Å². The third-order valence-corrected chi connectivity index (χ3v) is 6.84. The molecule has 0 saturated heterocycles. The van der Waals surface area contributed by atoms with E-state index in [0.29, 0.717) is 22.6 Å². The van der Waals surface area contributed by atoms with E-state index >= 15 is 0 Å². The molecule has 3 heterocycles. The number of carbonyl (C=O) groups excluding carboxylic acids is 1. The average molecular weight is 505 g/mol. The molecule has 3 aromatic carbocycles. The SMILES string of the molecule is CCC(C)C(=O)Nc1cccc(-c2ccc3[nH]nc(-c4nc5c(-c6cccc(F)c6)cncc5[nH]4)c3c2)c1. The minimum absolute atomic E-state index is 0.00853. The Bertz CT molecular complexity index is 1800. The fourth-order valence-corrected chi connectivity index (χ4v) is 4.51. The van der Waals surface area contributed by atoms with Gasteiger partial charge in [0.15, 0.2) is 5.82 Å². The number of nitrogens with one attached hydrogen (secondary N) is 3. The van der Waals surface area contributed by atoms with Gasteiger partial charge in [-0.3, -0.25) is 14.9 Å². The van der Waals surface area contributed by atoms with E-state index in [2.05, 4.69) is 31.5 Å². The Morgan fingerprint density at radius 3 is 2.63 bits per heavy atom. The first kappa shape index (κ1) is 23.5. The van der Waals surface area contributed by atoms with Crippen molar-refractivity contribution in [1.82, 2.24) is 25.1 Å². The number of nitrogens with zero attached hydrogens (tertiary/aromatic N) is 3. The van der Waals surface area contributed by atoms with Crippen LogP contribution in [0.25, 0.3) is 55.7 Å². The summed E-state index contributed by atoms with van der Waals surface area (Å²) in [7, 11) is 0. The lowest BCUT2D eigenvalue weighted by atomic mass is 10.0. The van der Waals surface area contributed by atoms with Gasteiger partial charge in [-0.05, 0) is 59.5 Å². The van der Waals surface area contributed by atoms with Crippen LogP contribution in [0.2, 0.25) is 0 Å². The number of aromatic amines is 2. The second-order valence-electron chi connectivity index (χ2n) is 9.39. The molecule has 6 rings (SSSR count). The van der Waals surface area contributed by atoms with E-state index in [1.165, 1.54) is 12.1 Å². The summed E-state index contributed by atoms with van der Waals surface area (Å²) in [6.45, 7) is 3.92. The van der Waals surface area contributed by atoms with E-state index in [-0.39, 0.29) is 17.6 Å². The van der Waals surface area contributed by atoms with E-state index in [1.54, 1.807) is 18.5 Å². The summed E-state index contributed by atoms with van der Waals surface area (Å²) in [5.41, 5.74) is 7.13. The number of fused-ring (bicyclic) bond motifs is 2. The zero-order valence-electron chi connectivity index (χ0n) is 20.9. The standard InChI is InChI=1S/C30H25FN6O/c1-3-17(2)30(38)33-22-9-5-6-18(13-22)19-10-11-25-23(14-19)28(37-36-25)29-34-26-16-32-15-24(27(26)35-29)20-7-4-8-21(31)12-20/h4-17H,3H2,1-2H3,(H,33,38)(H,34,35)(H,36,37). The van der Waals surface area contributed by atoms with Crippen LogP contribution in [0.5, 0.6) is 0 Å². The summed E-state index contributed by atoms with van der Waals surface area (Å²) in [5, 5.41) is 11.5. The Kier molecular flexibility index (Phi) is 5.92. The summed E-state index contributed by atoms with van der Waals surface area (Å²) in [6.07, 6.45) is 4.18. The van der Waals surface area contributed by atoms with Crippen molar-refractivity contribution in [3.63, 3.8) is 0 Å². The molecule has 3 N–H and O–H groups in total. The van der Waals surface area contributed by atoms with Gasteiger partial charge in [0.1, 0.15) is 11.5 Å². The lowest BCUT2D eigenvalue weighted by Gasteiger charge is -2.11. The van der Waals surface area contributed by atoms with Crippen LogP contribution in [0.4, 0.5) is 10.1 Å². The van der Waals surface area contributed by atoms with Crippen LogP contribution < -0.4 is 5.32 Å². The quantitative estimate of drug-likeness (QED) is 0.228. The highest BCUT2D eigenvalue weighted by molar-refractivity contribution is 5.98. The van der Waals surface area contributed by atoms with Crippen molar-refractivity contribution >= 4 is 33.5 Å². The zero-order valence-corrected chi connectivity index (χ0v) is 20.9. The van der Waals surface area contributed by atoms with Crippen LogP contribution in [-0.2, 0) is 4.79 Å². The largest absolute Gasteiger partial charge is 0.335 e. The maximum Gasteiger partial charge on any atom is 0.227 e. The van der Waals surface area contributed by atoms with Gasteiger partial charge in [0.2, 0.25) is 5.91 Å². The minimum Gasteiger partial charge on any atom is -0.335 e. The molecule has 1 amide bonds. The zero-order chi connectivity index (χ0) is 26.2. The van der Waals surface area contributed by atoms with Gasteiger partial charge in [-0.15, -0.1) is 0 Å². The number of halogens is 1. The highest BCUT2D eigenvalue weighted by Crippen LogP contribution is 2.33. The number of pyridine rings is 1. The van der Waals surface area contributed by atoms with Gasteiger partial charge < -0.3 is 10.3 Å². The first-order valence-electron chi connectivity index (χ1n) is 12.5. The maximum absolute atomic E-state index is 13.9. The van der Waals surface area contributed by atoms with Crippen LogP contribution in [0.1, 0.15) is 20.3 Å². The Morgan fingerprint density at radius 2 is 1.79 bits per heavy atom. The number of hydrogen-bond donors (Lipinski definition) is 3.